The van der Waals surface area contributed by atoms with Gasteiger partial charge in [-0.25, -0.2) is 4.39 Å². The number of hydrogen-bond acceptors (Lipinski definition) is 5. The van der Waals surface area contributed by atoms with Crippen LogP contribution in [0.2, 0.25) is 0 Å². The third kappa shape index (κ3) is 4.11. The predicted octanol–water partition coefficient (Wildman–Crippen LogP) is 3.46. The van der Waals surface area contributed by atoms with Crippen LogP contribution in [0.3, 0.4) is 0 Å². The summed E-state index contributed by atoms with van der Waals surface area (Å²) in [7, 11) is 1.46. The molecule has 1 aliphatic heterocycles. The van der Waals surface area contributed by atoms with Crippen molar-refractivity contribution in [3.05, 3.63) is 83.7 Å². The first kappa shape index (κ1) is 21.3. The fraction of sp³-hybridized carbons (Fsp3) is 0.217. The van der Waals surface area contributed by atoms with Crippen molar-refractivity contribution in [3.8, 4) is 5.75 Å². The van der Waals surface area contributed by atoms with Gasteiger partial charge in [0.05, 0.1) is 18.2 Å². The number of carbonyl (C=O) groups excluding carboxylic acids is 2. The van der Waals surface area contributed by atoms with E-state index in [4.69, 9.17) is 9.47 Å². The highest BCUT2D eigenvalue weighted by molar-refractivity contribution is 6.46. The minimum absolute atomic E-state index is 0.0746. The molecule has 1 amide bonds. The lowest BCUT2D eigenvalue weighted by molar-refractivity contribution is -0.140. The molecule has 0 spiro atoms. The summed E-state index contributed by atoms with van der Waals surface area (Å²) in [4.78, 5) is 26.7. The topological polar surface area (TPSA) is 76.1 Å². The van der Waals surface area contributed by atoms with Crippen LogP contribution in [-0.4, -0.2) is 48.6 Å². The summed E-state index contributed by atoms with van der Waals surface area (Å²) < 4.78 is 25.0. The zero-order chi connectivity index (χ0) is 21.7. The number of nitrogens with zero attached hydrogens (tertiary/aromatic N) is 1. The molecule has 1 heterocycles. The van der Waals surface area contributed by atoms with E-state index >= 15 is 0 Å². The second-order valence-corrected chi connectivity index (χ2v) is 6.63. The fourth-order valence-corrected chi connectivity index (χ4v) is 3.34. The summed E-state index contributed by atoms with van der Waals surface area (Å²) in [6.45, 7) is 4.13. The Kier molecular flexibility index (Phi) is 6.64. The molecule has 2 aromatic carbocycles. The smallest absolute Gasteiger partial charge is 0.295 e. The highest BCUT2D eigenvalue weighted by Gasteiger charge is 2.46. The highest BCUT2D eigenvalue weighted by atomic mass is 19.1. The van der Waals surface area contributed by atoms with Gasteiger partial charge in [0.2, 0.25) is 0 Å². The van der Waals surface area contributed by atoms with Gasteiger partial charge in [-0.3, -0.25) is 9.59 Å². The summed E-state index contributed by atoms with van der Waals surface area (Å²) in [5.74, 6) is -2.09. The van der Waals surface area contributed by atoms with Gasteiger partial charge in [0.25, 0.3) is 11.7 Å². The van der Waals surface area contributed by atoms with Gasteiger partial charge in [-0.2, -0.15) is 0 Å². The molecule has 156 valence electrons. The molecule has 1 aliphatic rings. The second-order valence-electron chi connectivity index (χ2n) is 6.63. The first-order valence-electron chi connectivity index (χ1n) is 9.35. The largest absolute Gasteiger partial charge is 0.507 e. The van der Waals surface area contributed by atoms with Crippen molar-refractivity contribution >= 4 is 17.4 Å². The van der Waals surface area contributed by atoms with Crippen LogP contribution in [0.1, 0.15) is 17.2 Å². The van der Waals surface area contributed by atoms with Gasteiger partial charge in [-0.05, 0) is 30.3 Å². The third-order valence-electron chi connectivity index (χ3n) is 4.77. The molecule has 1 saturated heterocycles. The van der Waals surface area contributed by atoms with E-state index in [1.807, 2.05) is 0 Å². The van der Waals surface area contributed by atoms with E-state index in [0.29, 0.717) is 17.9 Å². The maximum atomic E-state index is 14.6. The van der Waals surface area contributed by atoms with E-state index in [2.05, 4.69) is 6.58 Å². The number of benzene rings is 2. The van der Waals surface area contributed by atoms with Crippen LogP contribution in [-0.2, 0) is 14.3 Å². The number of halogens is 1. The number of carbonyl (C=O) groups is 2. The lowest BCUT2D eigenvalue weighted by Crippen LogP contribution is -2.33. The number of methoxy groups -OCH3 is 1. The van der Waals surface area contributed by atoms with E-state index in [0.717, 1.165) is 0 Å². The normalized spacial score (nSPS) is 17.9. The summed E-state index contributed by atoms with van der Waals surface area (Å²) in [6.07, 6.45) is 1.60. The van der Waals surface area contributed by atoms with Gasteiger partial charge < -0.3 is 19.5 Å². The molecule has 1 fully saturated rings. The van der Waals surface area contributed by atoms with E-state index in [1.165, 1.54) is 30.2 Å². The first-order valence-corrected chi connectivity index (χ1v) is 9.35. The maximum Gasteiger partial charge on any atom is 0.295 e. The molecule has 6 nitrogen and oxygen atoms in total. The Morgan fingerprint density at radius 3 is 2.53 bits per heavy atom. The van der Waals surface area contributed by atoms with Gasteiger partial charge in [-0.1, -0.05) is 30.9 Å². The van der Waals surface area contributed by atoms with Crippen molar-refractivity contribution < 1.29 is 28.6 Å². The number of aliphatic hydroxyl groups excluding tert-OH is 1. The van der Waals surface area contributed by atoms with Gasteiger partial charge in [0, 0.05) is 24.8 Å². The van der Waals surface area contributed by atoms with Gasteiger partial charge in [0.1, 0.15) is 23.9 Å². The van der Waals surface area contributed by atoms with Crippen molar-refractivity contribution in [2.24, 2.45) is 0 Å². The van der Waals surface area contributed by atoms with Crippen molar-refractivity contribution in [1.29, 1.82) is 0 Å². The summed E-state index contributed by atoms with van der Waals surface area (Å²) in [5.41, 5.74) is 0.272. The molecule has 30 heavy (non-hydrogen) atoms. The Balaban J connectivity index is 2.08. The molecule has 1 N–H and O–H groups in total. The molecule has 0 aliphatic carbocycles. The fourth-order valence-electron chi connectivity index (χ4n) is 3.34. The molecular weight excluding hydrogens is 389 g/mol. The molecule has 2 aromatic rings. The summed E-state index contributed by atoms with van der Waals surface area (Å²) >= 11 is 0. The Labute approximate surface area is 173 Å². The number of ketones is 1. The number of aliphatic hydroxyl groups is 1. The Hall–Kier alpha value is -3.45. The van der Waals surface area contributed by atoms with E-state index in [9.17, 15) is 19.1 Å². The first-order chi connectivity index (χ1) is 14.5. The number of ether oxygens (including phenoxy) is 2. The summed E-state index contributed by atoms with van der Waals surface area (Å²) in [6, 6.07) is 11.2. The van der Waals surface area contributed by atoms with Gasteiger partial charge in [-0.15, -0.1) is 0 Å². The van der Waals surface area contributed by atoms with Crippen LogP contribution in [0, 0.1) is 5.82 Å². The number of amides is 1. The predicted molar refractivity (Wildman–Crippen MR) is 109 cm³/mol. The minimum atomic E-state index is -1.06. The van der Waals surface area contributed by atoms with Gasteiger partial charge in [0.15, 0.2) is 0 Å². The van der Waals surface area contributed by atoms with E-state index < -0.39 is 23.5 Å². The Morgan fingerprint density at radius 1 is 1.20 bits per heavy atom. The number of Topliss-reactive ketones (excluding diaryl/α,β-unsaturated/α-hetero) is 1. The number of likely N-dealkylation sites (tertiary alicyclic amines) is 1. The molecule has 0 aromatic heterocycles. The molecule has 0 unspecified atom stereocenters. The van der Waals surface area contributed by atoms with Crippen LogP contribution in [0.4, 0.5) is 4.39 Å². The van der Waals surface area contributed by atoms with Gasteiger partial charge >= 0.3 is 0 Å². The quantitative estimate of drug-likeness (QED) is 0.312. The highest BCUT2D eigenvalue weighted by Crippen LogP contribution is 2.40. The standard InChI is InChI=1S/C23H22FNO5/c1-3-13-30-16-10-8-15(9-11-16)21(26)19-20(17-6-4-5-7-18(17)24)25(12-14-29-2)23(28)22(19)27/h3-11,20,26H,1,12-14H2,2H3/t20-/m1/s1. The number of rotatable bonds is 8. The van der Waals surface area contributed by atoms with Crippen LogP contribution < -0.4 is 4.74 Å². The van der Waals surface area contributed by atoms with E-state index in [1.54, 1.807) is 36.4 Å². The van der Waals surface area contributed by atoms with Crippen molar-refractivity contribution in [3.63, 3.8) is 0 Å². The van der Waals surface area contributed by atoms with Crippen LogP contribution in [0.15, 0.2) is 66.8 Å². The monoisotopic (exact) mass is 411 g/mol. The third-order valence-corrected chi connectivity index (χ3v) is 4.77. The molecular formula is C23H22FNO5. The van der Waals surface area contributed by atoms with Crippen molar-refractivity contribution in [1.82, 2.24) is 4.90 Å². The van der Waals surface area contributed by atoms with Crippen molar-refractivity contribution in [2.45, 2.75) is 6.04 Å². The van der Waals surface area contributed by atoms with Crippen LogP contribution >= 0.6 is 0 Å². The number of hydrogen-bond donors (Lipinski definition) is 1. The SMILES string of the molecule is C=CCOc1ccc(C(O)=C2C(=O)C(=O)N(CCOC)[C@@H]2c2ccccc2F)cc1. The zero-order valence-corrected chi connectivity index (χ0v) is 16.5. The Morgan fingerprint density at radius 2 is 1.90 bits per heavy atom. The van der Waals surface area contributed by atoms with Crippen LogP contribution in [0.5, 0.6) is 5.75 Å². The lowest BCUT2D eigenvalue weighted by Gasteiger charge is -2.25. The molecule has 1 atom stereocenters. The Bertz CT molecular complexity index is 983. The molecule has 0 radical (unpaired) electrons. The molecule has 7 heteroatoms. The minimum Gasteiger partial charge on any atom is -0.507 e. The maximum absolute atomic E-state index is 14.6. The second kappa shape index (κ2) is 9.37. The average molecular weight is 411 g/mol. The lowest BCUT2D eigenvalue weighted by atomic mass is 9.95. The average Bonchev–Trinajstić information content (AvgIpc) is 3.01. The van der Waals surface area contributed by atoms with Crippen LogP contribution in [0.25, 0.3) is 5.76 Å². The zero-order valence-electron chi connectivity index (χ0n) is 16.5. The molecule has 3 rings (SSSR count). The van der Waals surface area contributed by atoms with Crippen molar-refractivity contribution in [2.75, 3.05) is 26.9 Å². The van der Waals surface area contributed by atoms with E-state index in [-0.39, 0.29) is 30.0 Å². The molecule has 0 saturated carbocycles. The summed E-state index contributed by atoms with van der Waals surface area (Å²) in [5, 5.41) is 10.9. The molecule has 0 bridgehead atoms.